The second kappa shape index (κ2) is 9.33. The number of hydrogen-bond donors (Lipinski definition) is 2. The van der Waals surface area contributed by atoms with Gasteiger partial charge in [0, 0.05) is 41.2 Å². The molecule has 0 radical (unpaired) electrons. The highest BCUT2D eigenvalue weighted by atomic mass is 35.5. The number of nitrogens with two attached hydrogens (primary N) is 1. The van der Waals surface area contributed by atoms with E-state index in [1.807, 2.05) is 36.4 Å². The number of benzene rings is 1. The summed E-state index contributed by atoms with van der Waals surface area (Å²) in [6, 6.07) is 11.1. The Morgan fingerprint density at radius 1 is 1.09 bits per heavy atom. The Morgan fingerprint density at radius 2 is 1.71 bits per heavy atom. The van der Waals surface area contributed by atoms with Crippen molar-refractivity contribution in [3.63, 3.8) is 0 Å². The van der Waals surface area contributed by atoms with Crippen molar-refractivity contribution in [3.8, 4) is 0 Å². The zero-order valence-electron chi connectivity index (χ0n) is 20.7. The molecule has 4 bridgehead atoms. The van der Waals surface area contributed by atoms with Gasteiger partial charge in [0.1, 0.15) is 5.78 Å². The topological polar surface area (TPSA) is 85.1 Å². The highest BCUT2D eigenvalue weighted by Crippen LogP contribution is 2.63. The minimum absolute atomic E-state index is 0.0679. The maximum Gasteiger partial charge on any atom is 0.237 e. The lowest BCUT2D eigenvalue weighted by Gasteiger charge is -2.60. The van der Waals surface area contributed by atoms with E-state index in [0.717, 1.165) is 43.2 Å². The van der Waals surface area contributed by atoms with E-state index < -0.39 is 6.04 Å². The van der Waals surface area contributed by atoms with E-state index in [1.165, 1.54) is 0 Å². The molecule has 3 atom stereocenters. The number of carbonyl (C=O) groups excluding carboxylic acids is 2. The molecule has 2 aromatic rings. The first-order valence-electron chi connectivity index (χ1n) is 12.9. The molecule has 1 heterocycles. The normalized spacial score (nSPS) is 30.2. The Labute approximate surface area is 213 Å². The van der Waals surface area contributed by atoms with Crippen LogP contribution in [0.5, 0.6) is 0 Å². The van der Waals surface area contributed by atoms with Gasteiger partial charge in [-0.1, -0.05) is 37.6 Å². The van der Waals surface area contributed by atoms with Crippen molar-refractivity contribution < 1.29 is 9.59 Å². The van der Waals surface area contributed by atoms with E-state index in [1.54, 1.807) is 12.4 Å². The van der Waals surface area contributed by atoms with Crippen molar-refractivity contribution in [2.75, 3.05) is 6.54 Å². The second-order valence-corrected chi connectivity index (χ2v) is 12.4. The molecule has 0 spiro atoms. The molecule has 1 amide bonds. The van der Waals surface area contributed by atoms with Crippen molar-refractivity contribution in [1.29, 1.82) is 0 Å². The monoisotopic (exact) mass is 493 g/mol. The van der Waals surface area contributed by atoms with Gasteiger partial charge in [0.25, 0.3) is 0 Å². The van der Waals surface area contributed by atoms with Crippen LogP contribution < -0.4 is 11.1 Å². The maximum absolute atomic E-state index is 13.5. The number of rotatable bonds is 8. The zero-order chi connectivity index (χ0) is 24.8. The van der Waals surface area contributed by atoms with E-state index in [9.17, 15) is 9.59 Å². The van der Waals surface area contributed by atoms with Gasteiger partial charge in [-0.3, -0.25) is 14.6 Å². The third-order valence-corrected chi connectivity index (χ3v) is 9.35. The van der Waals surface area contributed by atoms with Gasteiger partial charge in [0.05, 0.1) is 6.04 Å². The smallest absolute Gasteiger partial charge is 0.237 e. The van der Waals surface area contributed by atoms with Gasteiger partial charge in [-0.2, -0.15) is 0 Å². The van der Waals surface area contributed by atoms with Crippen LogP contribution in [0, 0.1) is 29.1 Å². The fourth-order valence-corrected chi connectivity index (χ4v) is 7.59. The van der Waals surface area contributed by atoms with Gasteiger partial charge in [-0.15, -0.1) is 0 Å². The summed E-state index contributed by atoms with van der Waals surface area (Å²) >= 11 is 6.04. The van der Waals surface area contributed by atoms with E-state index in [0.29, 0.717) is 41.5 Å². The number of ketones is 1. The largest absolute Gasteiger partial charge is 0.354 e. The highest BCUT2D eigenvalue weighted by Gasteiger charge is 2.59. The average Bonchev–Trinajstić information content (AvgIpc) is 2.82. The molecule has 3 unspecified atom stereocenters. The van der Waals surface area contributed by atoms with E-state index in [4.69, 9.17) is 17.3 Å². The van der Waals surface area contributed by atoms with Crippen molar-refractivity contribution in [2.45, 2.75) is 63.8 Å². The lowest BCUT2D eigenvalue weighted by Crippen LogP contribution is -2.61. The molecule has 6 heteroatoms. The Kier molecular flexibility index (Phi) is 6.52. The number of aromatic nitrogens is 1. The minimum Gasteiger partial charge on any atom is -0.354 e. The fourth-order valence-electron chi connectivity index (χ4n) is 7.47. The Balaban J connectivity index is 1.24. The summed E-state index contributed by atoms with van der Waals surface area (Å²) in [6.45, 7) is 4.74. The summed E-state index contributed by atoms with van der Waals surface area (Å²) in [4.78, 5) is 30.8. The summed E-state index contributed by atoms with van der Waals surface area (Å²) in [6.07, 6.45) is 8.95. The Bertz CT molecular complexity index is 1070. The van der Waals surface area contributed by atoms with Crippen molar-refractivity contribution in [3.05, 3.63) is 64.9 Å². The van der Waals surface area contributed by atoms with E-state index >= 15 is 0 Å². The van der Waals surface area contributed by atoms with E-state index in [2.05, 4.69) is 24.1 Å². The molecule has 0 aliphatic heterocycles. The molecule has 3 N–H and O–H groups in total. The van der Waals surface area contributed by atoms with Crippen LogP contribution in [0.1, 0.15) is 57.1 Å². The zero-order valence-corrected chi connectivity index (χ0v) is 21.4. The summed E-state index contributed by atoms with van der Waals surface area (Å²) in [7, 11) is 0. The third-order valence-electron chi connectivity index (χ3n) is 9.10. The van der Waals surface area contributed by atoms with Crippen LogP contribution in [-0.2, 0) is 21.4 Å². The van der Waals surface area contributed by atoms with Crippen molar-refractivity contribution >= 4 is 23.3 Å². The van der Waals surface area contributed by atoms with Gasteiger partial charge >= 0.3 is 0 Å². The molecule has 4 saturated carbocycles. The number of halogens is 1. The molecule has 4 fully saturated rings. The molecule has 4 aliphatic rings. The van der Waals surface area contributed by atoms with Crippen LogP contribution >= 0.6 is 11.6 Å². The molecule has 4 aliphatic carbocycles. The molecular weight excluding hydrogens is 458 g/mol. The van der Waals surface area contributed by atoms with Crippen molar-refractivity contribution in [2.24, 2.45) is 34.8 Å². The minimum atomic E-state index is -0.529. The molecule has 1 aromatic carbocycles. The van der Waals surface area contributed by atoms with E-state index in [-0.39, 0.29) is 22.7 Å². The molecule has 6 rings (SSSR count). The predicted octanol–water partition coefficient (Wildman–Crippen LogP) is 4.71. The predicted molar refractivity (Wildman–Crippen MR) is 138 cm³/mol. The summed E-state index contributed by atoms with van der Waals surface area (Å²) < 4.78 is 0. The molecular formula is C29H36ClN3O2. The van der Waals surface area contributed by atoms with Crippen LogP contribution in [0.2, 0.25) is 5.02 Å². The summed E-state index contributed by atoms with van der Waals surface area (Å²) in [5, 5.41) is 3.84. The first-order valence-corrected chi connectivity index (χ1v) is 13.3. The lowest BCUT2D eigenvalue weighted by atomic mass is 9.44. The first-order chi connectivity index (χ1) is 16.7. The second-order valence-electron chi connectivity index (χ2n) is 11.9. The van der Waals surface area contributed by atoms with Gasteiger partial charge in [-0.05, 0) is 91.2 Å². The molecule has 5 nitrogen and oxygen atoms in total. The van der Waals surface area contributed by atoms with Crippen LogP contribution in [-0.4, -0.2) is 29.3 Å². The third kappa shape index (κ3) is 4.77. The number of amides is 1. The van der Waals surface area contributed by atoms with Crippen LogP contribution in [0.3, 0.4) is 0 Å². The molecule has 35 heavy (non-hydrogen) atoms. The molecule has 0 saturated heterocycles. The number of Topliss-reactive ketones (excluding diaryl/α,β-unsaturated/α-hetero) is 1. The van der Waals surface area contributed by atoms with Gasteiger partial charge in [0.2, 0.25) is 5.91 Å². The van der Waals surface area contributed by atoms with Crippen molar-refractivity contribution in [1.82, 2.24) is 10.3 Å². The highest BCUT2D eigenvalue weighted by molar-refractivity contribution is 6.30. The summed E-state index contributed by atoms with van der Waals surface area (Å²) in [5.41, 5.74) is 8.35. The molecule has 186 valence electrons. The average molecular weight is 494 g/mol. The number of nitrogens with one attached hydrogen (secondary N) is 1. The summed E-state index contributed by atoms with van der Waals surface area (Å²) in [5.74, 6) is 1.75. The maximum atomic E-state index is 13.5. The lowest BCUT2D eigenvalue weighted by molar-refractivity contribution is -0.153. The van der Waals surface area contributed by atoms with Crippen LogP contribution in [0.15, 0.2) is 48.8 Å². The molecule has 1 aromatic heterocycles. The van der Waals surface area contributed by atoms with Gasteiger partial charge in [-0.25, -0.2) is 0 Å². The number of hydrogen-bond acceptors (Lipinski definition) is 4. The van der Waals surface area contributed by atoms with Crippen LogP contribution in [0.25, 0.3) is 0 Å². The van der Waals surface area contributed by atoms with Gasteiger partial charge < -0.3 is 11.1 Å². The van der Waals surface area contributed by atoms with Gasteiger partial charge in [0.15, 0.2) is 0 Å². The van der Waals surface area contributed by atoms with Crippen LogP contribution in [0.4, 0.5) is 0 Å². The Morgan fingerprint density at radius 3 is 2.34 bits per heavy atom. The SMILES string of the molecule is CC(C)(CNC(=O)C(N)C1C2CC3CC1CC(C(=O)Cc1ccncc1)(C3)C2)c1ccc(Cl)cc1. The number of nitrogens with zero attached hydrogens (tertiary/aromatic N) is 1. The standard InChI is InChI=1S/C29H36ClN3O2/c1-28(2,22-3-5-23(30)6-4-22)17-33-27(35)26(31)25-20-11-19-12-21(25)16-29(14-19,15-20)24(34)13-18-7-9-32-10-8-18/h3-10,19-21,25-26H,11-17,31H2,1-2H3,(H,33,35). The fraction of sp³-hybridized carbons (Fsp3) is 0.552. The Hall–Kier alpha value is -2.24. The quantitative estimate of drug-likeness (QED) is 0.557. The number of carbonyl (C=O) groups is 2. The first kappa shape index (κ1) is 24.5. The number of pyridine rings is 1.